The fourth-order valence-electron chi connectivity index (χ4n) is 1.39. The number of amides is 1. The lowest BCUT2D eigenvalue weighted by atomic mass is 10.2. The van der Waals surface area contributed by atoms with Crippen LogP contribution in [0.1, 0.15) is 16.1 Å². The number of nitrogens with one attached hydrogen (secondary N) is 1. The summed E-state index contributed by atoms with van der Waals surface area (Å²) in [6.45, 7) is 1.76. The van der Waals surface area contributed by atoms with Crippen LogP contribution in [-0.4, -0.2) is 5.91 Å². The fourth-order valence-corrected chi connectivity index (χ4v) is 1.78. The lowest BCUT2D eigenvalue weighted by Crippen LogP contribution is -2.11. The van der Waals surface area contributed by atoms with Crippen LogP contribution in [0.5, 0.6) is 0 Å². The number of benzene rings is 1. The van der Waals surface area contributed by atoms with Gasteiger partial charge in [-0.2, -0.15) is 0 Å². The zero-order valence-corrected chi connectivity index (χ0v) is 10.2. The number of halogens is 1. The van der Waals surface area contributed by atoms with Crippen LogP contribution in [0, 0.1) is 6.92 Å². The zero-order chi connectivity index (χ0) is 11.5. The van der Waals surface area contributed by atoms with E-state index < -0.39 is 0 Å². The third-order valence-corrected chi connectivity index (χ3v) is 2.68. The number of anilines is 1. The van der Waals surface area contributed by atoms with Crippen molar-refractivity contribution in [1.82, 2.24) is 0 Å². The molecule has 1 heterocycles. The molecule has 16 heavy (non-hydrogen) atoms. The van der Waals surface area contributed by atoms with Gasteiger partial charge in [-0.3, -0.25) is 4.79 Å². The number of carbonyl (C=O) groups is 1. The fraction of sp³-hybridized carbons (Fsp3) is 0.0833. The highest BCUT2D eigenvalue weighted by Gasteiger charge is 2.11. The van der Waals surface area contributed by atoms with E-state index in [0.717, 1.165) is 10.2 Å². The Morgan fingerprint density at radius 2 is 2.19 bits per heavy atom. The molecule has 0 fully saturated rings. The molecule has 4 heteroatoms. The average Bonchev–Trinajstić information content (AvgIpc) is 2.64. The second-order valence-electron chi connectivity index (χ2n) is 3.35. The van der Waals surface area contributed by atoms with E-state index in [1.165, 1.54) is 6.26 Å². The summed E-state index contributed by atoms with van der Waals surface area (Å²) >= 11 is 3.35. The van der Waals surface area contributed by atoms with Crippen molar-refractivity contribution in [3.8, 4) is 0 Å². The summed E-state index contributed by atoms with van der Waals surface area (Å²) in [5.74, 6) is 0.455. The molecule has 0 unspecified atom stereocenters. The maximum Gasteiger partial charge on any atom is 0.259 e. The van der Waals surface area contributed by atoms with E-state index >= 15 is 0 Å². The first kappa shape index (κ1) is 11.0. The summed E-state index contributed by atoms with van der Waals surface area (Å²) in [4.78, 5) is 11.8. The van der Waals surface area contributed by atoms with E-state index in [-0.39, 0.29) is 5.91 Å². The quantitative estimate of drug-likeness (QED) is 0.913. The second kappa shape index (κ2) is 4.53. The smallest absolute Gasteiger partial charge is 0.259 e. The number of aryl methyl sites for hydroxylation is 1. The highest BCUT2D eigenvalue weighted by atomic mass is 79.9. The molecule has 1 aromatic heterocycles. The highest BCUT2D eigenvalue weighted by molar-refractivity contribution is 9.10. The predicted molar refractivity (Wildman–Crippen MR) is 65.5 cm³/mol. The number of furan rings is 1. The minimum atomic E-state index is -0.163. The first-order valence-corrected chi connectivity index (χ1v) is 5.57. The van der Waals surface area contributed by atoms with Crippen LogP contribution in [0.4, 0.5) is 5.69 Å². The summed E-state index contributed by atoms with van der Waals surface area (Å²) in [7, 11) is 0. The van der Waals surface area contributed by atoms with Crippen molar-refractivity contribution in [2.75, 3.05) is 5.32 Å². The van der Waals surface area contributed by atoms with Crippen LogP contribution in [0.15, 0.2) is 45.5 Å². The second-order valence-corrected chi connectivity index (χ2v) is 4.27. The van der Waals surface area contributed by atoms with Gasteiger partial charge in [0.2, 0.25) is 0 Å². The maximum atomic E-state index is 11.8. The normalized spacial score (nSPS) is 10.1. The minimum Gasteiger partial charge on any atom is -0.469 e. The van der Waals surface area contributed by atoms with Crippen LogP contribution in [0.3, 0.4) is 0 Å². The van der Waals surface area contributed by atoms with Gasteiger partial charge in [0, 0.05) is 10.2 Å². The molecule has 1 amide bonds. The van der Waals surface area contributed by atoms with Crippen LogP contribution >= 0.6 is 15.9 Å². The molecule has 1 N–H and O–H groups in total. The van der Waals surface area contributed by atoms with E-state index in [1.54, 1.807) is 13.0 Å². The SMILES string of the molecule is Cc1occc1C(=O)Nc1cccc(Br)c1. The molecule has 0 aliphatic rings. The van der Waals surface area contributed by atoms with E-state index in [0.29, 0.717) is 11.3 Å². The third kappa shape index (κ3) is 2.33. The lowest BCUT2D eigenvalue weighted by molar-refractivity contribution is 0.102. The van der Waals surface area contributed by atoms with Crippen molar-refractivity contribution in [3.05, 3.63) is 52.4 Å². The molecule has 1 aromatic carbocycles. The van der Waals surface area contributed by atoms with Gasteiger partial charge >= 0.3 is 0 Å². The molecule has 3 nitrogen and oxygen atoms in total. The highest BCUT2D eigenvalue weighted by Crippen LogP contribution is 2.17. The summed E-state index contributed by atoms with van der Waals surface area (Å²) in [6.07, 6.45) is 1.51. The van der Waals surface area contributed by atoms with Gasteiger partial charge in [0.05, 0.1) is 11.8 Å². The van der Waals surface area contributed by atoms with Crippen molar-refractivity contribution in [2.24, 2.45) is 0 Å². The first-order valence-electron chi connectivity index (χ1n) is 4.78. The number of rotatable bonds is 2. The van der Waals surface area contributed by atoms with E-state index in [1.807, 2.05) is 24.3 Å². The van der Waals surface area contributed by atoms with Crippen LogP contribution in [0.2, 0.25) is 0 Å². The molecule has 0 bridgehead atoms. The van der Waals surface area contributed by atoms with E-state index in [9.17, 15) is 4.79 Å². The van der Waals surface area contributed by atoms with E-state index in [4.69, 9.17) is 4.42 Å². The predicted octanol–water partition coefficient (Wildman–Crippen LogP) is 3.60. The summed E-state index contributed by atoms with van der Waals surface area (Å²) in [5, 5.41) is 2.80. The third-order valence-electron chi connectivity index (χ3n) is 2.19. The van der Waals surface area contributed by atoms with Crippen LogP contribution in [-0.2, 0) is 0 Å². The molecule has 0 atom stereocenters. The Labute approximate surface area is 102 Å². The molecule has 2 rings (SSSR count). The molecule has 0 aliphatic carbocycles. The van der Waals surface area contributed by atoms with Gasteiger partial charge in [-0.25, -0.2) is 0 Å². The zero-order valence-electron chi connectivity index (χ0n) is 8.66. The average molecular weight is 280 g/mol. The molecule has 0 aliphatic heterocycles. The number of hydrogen-bond donors (Lipinski definition) is 1. The minimum absolute atomic E-state index is 0.163. The Morgan fingerprint density at radius 1 is 1.38 bits per heavy atom. The van der Waals surface area contributed by atoms with Crippen LogP contribution < -0.4 is 5.32 Å². The van der Waals surface area contributed by atoms with Gasteiger partial charge in [-0.1, -0.05) is 22.0 Å². The Morgan fingerprint density at radius 3 is 2.81 bits per heavy atom. The molecule has 0 saturated heterocycles. The van der Waals surface area contributed by atoms with E-state index in [2.05, 4.69) is 21.2 Å². The molecule has 0 spiro atoms. The number of carbonyl (C=O) groups excluding carboxylic acids is 1. The Kier molecular flexibility index (Phi) is 3.10. The van der Waals surface area contributed by atoms with Crippen LogP contribution in [0.25, 0.3) is 0 Å². The topological polar surface area (TPSA) is 42.2 Å². The molecular weight excluding hydrogens is 270 g/mol. The van der Waals surface area contributed by atoms with Crippen molar-refractivity contribution < 1.29 is 9.21 Å². The first-order chi connectivity index (χ1) is 7.66. The molecule has 82 valence electrons. The number of hydrogen-bond acceptors (Lipinski definition) is 2. The summed E-state index contributed by atoms with van der Waals surface area (Å²) in [6, 6.07) is 9.09. The largest absolute Gasteiger partial charge is 0.469 e. The molecule has 2 aromatic rings. The van der Waals surface area contributed by atoms with Crippen molar-refractivity contribution >= 4 is 27.5 Å². The maximum absolute atomic E-state index is 11.8. The van der Waals surface area contributed by atoms with Crippen molar-refractivity contribution in [2.45, 2.75) is 6.92 Å². The summed E-state index contributed by atoms with van der Waals surface area (Å²) in [5.41, 5.74) is 1.31. The molecule has 0 radical (unpaired) electrons. The Hall–Kier alpha value is -1.55. The van der Waals surface area contributed by atoms with Gasteiger partial charge in [0.1, 0.15) is 5.76 Å². The summed E-state index contributed by atoms with van der Waals surface area (Å²) < 4.78 is 6.00. The van der Waals surface area contributed by atoms with Crippen molar-refractivity contribution in [3.63, 3.8) is 0 Å². The van der Waals surface area contributed by atoms with Gasteiger partial charge in [0.25, 0.3) is 5.91 Å². The van der Waals surface area contributed by atoms with Gasteiger partial charge in [-0.15, -0.1) is 0 Å². The lowest BCUT2D eigenvalue weighted by Gasteiger charge is -2.04. The van der Waals surface area contributed by atoms with Crippen molar-refractivity contribution in [1.29, 1.82) is 0 Å². The van der Waals surface area contributed by atoms with Gasteiger partial charge in [0.15, 0.2) is 0 Å². The molecular formula is C12H10BrNO2. The van der Waals surface area contributed by atoms with Gasteiger partial charge in [-0.05, 0) is 31.2 Å². The monoisotopic (exact) mass is 279 g/mol. The standard InChI is InChI=1S/C12H10BrNO2/c1-8-11(5-6-16-8)12(15)14-10-4-2-3-9(13)7-10/h2-7H,1H3,(H,14,15). The Balaban J connectivity index is 2.17. The Bertz CT molecular complexity index is 519. The van der Waals surface area contributed by atoms with Gasteiger partial charge < -0.3 is 9.73 Å². The molecule has 0 saturated carbocycles.